The van der Waals surface area contributed by atoms with Gasteiger partial charge in [-0.05, 0) is 48.5 Å². The van der Waals surface area contributed by atoms with Crippen LogP contribution >= 0.6 is 0 Å². The molecule has 4 aromatic rings. The minimum absolute atomic E-state index is 0.278. The molecule has 1 N–H and O–H groups in total. The first-order chi connectivity index (χ1) is 15.8. The van der Waals surface area contributed by atoms with E-state index in [4.69, 9.17) is 4.98 Å². The summed E-state index contributed by atoms with van der Waals surface area (Å²) in [7, 11) is 0. The standard InChI is InChI=1S/C27H24N4O/c32-26-16-8-7-15-25(26)30-19-18-29(21-30)20-22-10-9-17-27(28-22)31(23-11-3-1-4-12-23)24-13-5-2-6-14-24/h1-19,32H,20-21H2. The van der Waals surface area contributed by atoms with Crippen LogP contribution in [0.1, 0.15) is 5.69 Å². The van der Waals surface area contributed by atoms with Gasteiger partial charge >= 0.3 is 0 Å². The average Bonchev–Trinajstić information content (AvgIpc) is 3.29. The molecular formula is C27H24N4O. The van der Waals surface area contributed by atoms with Gasteiger partial charge in [0, 0.05) is 23.8 Å². The zero-order valence-corrected chi connectivity index (χ0v) is 17.6. The molecule has 1 aliphatic rings. The van der Waals surface area contributed by atoms with Crippen LogP contribution in [0.4, 0.5) is 22.9 Å². The Morgan fingerprint density at radius 3 is 2.06 bits per heavy atom. The number of pyridine rings is 1. The number of phenolic OH excluding ortho intramolecular Hbond substituents is 1. The lowest BCUT2D eigenvalue weighted by Crippen LogP contribution is -2.25. The highest BCUT2D eigenvalue weighted by Gasteiger charge is 2.18. The van der Waals surface area contributed by atoms with Crippen molar-refractivity contribution < 1.29 is 5.11 Å². The minimum Gasteiger partial charge on any atom is -0.506 e. The number of aromatic hydroxyl groups is 1. The van der Waals surface area contributed by atoms with Gasteiger partial charge in [-0.3, -0.25) is 4.90 Å². The van der Waals surface area contributed by atoms with E-state index < -0.39 is 0 Å². The van der Waals surface area contributed by atoms with E-state index in [2.05, 4.69) is 40.1 Å². The Labute approximate surface area is 188 Å². The van der Waals surface area contributed by atoms with Crippen LogP contribution in [0, 0.1) is 0 Å². The fourth-order valence-electron chi connectivity index (χ4n) is 3.89. The summed E-state index contributed by atoms with van der Waals surface area (Å²) in [5.74, 6) is 1.15. The van der Waals surface area contributed by atoms with Crippen LogP contribution in [0.3, 0.4) is 0 Å². The van der Waals surface area contributed by atoms with Crippen LogP contribution in [0.15, 0.2) is 116 Å². The molecule has 0 saturated heterocycles. The Hall–Kier alpha value is -4.25. The third kappa shape index (κ3) is 4.14. The Kier molecular flexibility index (Phi) is 5.45. The fraction of sp³-hybridized carbons (Fsp3) is 0.0741. The number of hydrogen-bond acceptors (Lipinski definition) is 5. The summed E-state index contributed by atoms with van der Waals surface area (Å²) in [5, 5.41) is 10.1. The second-order valence-electron chi connectivity index (χ2n) is 7.64. The van der Waals surface area contributed by atoms with Crippen molar-refractivity contribution in [3.63, 3.8) is 0 Å². The van der Waals surface area contributed by atoms with E-state index in [9.17, 15) is 5.11 Å². The molecule has 0 spiro atoms. The molecule has 0 amide bonds. The Bertz CT molecular complexity index is 1170. The van der Waals surface area contributed by atoms with Gasteiger partial charge in [-0.25, -0.2) is 4.98 Å². The lowest BCUT2D eigenvalue weighted by molar-refractivity contribution is 0.393. The fourth-order valence-corrected chi connectivity index (χ4v) is 3.89. The van der Waals surface area contributed by atoms with Crippen molar-refractivity contribution in [2.24, 2.45) is 0 Å². The molecule has 1 aromatic heterocycles. The molecule has 3 aromatic carbocycles. The molecule has 0 unspecified atom stereocenters. The van der Waals surface area contributed by atoms with Crippen molar-refractivity contribution in [3.8, 4) is 5.75 Å². The number of aromatic nitrogens is 1. The first-order valence-corrected chi connectivity index (χ1v) is 10.6. The molecule has 32 heavy (non-hydrogen) atoms. The molecule has 0 aliphatic carbocycles. The van der Waals surface area contributed by atoms with E-state index in [1.165, 1.54) is 0 Å². The molecule has 5 heteroatoms. The van der Waals surface area contributed by atoms with E-state index >= 15 is 0 Å². The predicted molar refractivity (Wildman–Crippen MR) is 129 cm³/mol. The highest BCUT2D eigenvalue weighted by molar-refractivity contribution is 5.74. The maximum absolute atomic E-state index is 10.1. The van der Waals surface area contributed by atoms with Gasteiger partial charge in [0.2, 0.25) is 0 Å². The molecule has 158 valence electrons. The Morgan fingerprint density at radius 1 is 0.719 bits per heavy atom. The van der Waals surface area contributed by atoms with Gasteiger partial charge in [0.1, 0.15) is 11.6 Å². The average molecular weight is 421 g/mol. The van der Waals surface area contributed by atoms with Gasteiger partial charge in [0.15, 0.2) is 0 Å². The van der Waals surface area contributed by atoms with Gasteiger partial charge in [-0.2, -0.15) is 0 Å². The third-order valence-electron chi connectivity index (χ3n) is 5.40. The Morgan fingerprint density at radius 2 is 1.38 bits per heavy atom. The van der Waals surface area contributed by atoms with Crippen LogP contribution in [0.25, 0.3) is 0 Å². The molecular weight excluding hydrogens is 396 g/mol. The van der Waals surface area contributed by atoms with E-state index in [-0.39, 0.29) is 5.75 Å². The second-order valence-corrected chi connectivity index (χ2v) is 7.64. The maximum Gasteiger partial charge on any atom is 0.139 e. The van der Waals surface area contributed by atoms with Crippen molar-refractivity contribution in [2.75, 3.05) is 16.5 Å². The zero-order chi connectivity index (χ0) is 21.8. The molecule has 1 aliphatic heterocycles. The number of rotatable bonds is 6. The minimum atomic E-state index is 0.278. The molecule has 0 bridgehead atoms. The number of hydrogen-bond donors (Lipinski definition) is 1. The Balaban J connectivity index is 1.38. The lowest BCUT2D eigenvalue weighted by atomic mass is 10.2. The van der Waals surface area contributed by atoms with E-state index in [0.717, 1.165) is 28.6 Å². The second kappa shape index (κ2) is 8.86. The molecule has 5 nitrogen and oxygen atoms in total. The van der Waals surface area contributed by atoms with Crippen molar-refractivity contribution in [1.29, 1.82) is 0 Å². The van der Waals surface area contributed by atoms with Crippen molar-refractivity contribution in [1.82, 2.24) is 9.88 Å². The zero-order valence-electron chi connectivity index (χ0n) is 17.6. The van der Waals surface area contributed by atoms with Gasteiger partial charge in [-0.15, -0.1) is 0 Å². The molecule has 2 heterocycles. The maximum atomic E-state index is 10.1. The van der Waals surface area contributed by atoms with E-state index in [1.54, 1.807) is 6.07 Å². The summed E-state index contributed by atoms with van der Waals surface area (Å²) in [6.07, 6.45) is 4.02. The monoisotopic (exact) mass is 420 g/mol. The van der Waals surface area contributed by atoms with E-state index in [0.29, 0.717) is 13.2 Å². The SMILES string of the molecule is Oc1ccccc1N1C=CN(Cc2cccc(N(c3ccccc3)c3ccccc3)n2)C1. The van der Waals surface area contributed by atoms with Crippen molar-refractivity contribution in [3.05, 3.63) is 121 Å². The highest BCUT2D eigenvalue weighted by atomic mass is 16.3. The number of phenols is 1. The van der Waals surface area contributed by atoms with Gasteiger partial charge in [0.05, 0.1) is 24.6 Å². The molecule has 0 fully saturated rings. The first-order valence-electron chi connectivity index (χ1n) is 10.6. The molecule has 0 atom stereocenters. The summed E-state index contributed by atoms with van der Waals surface area (Å²) >= 11 is 0. The van der Waals surface area contributed by atoms with Crippen molar-refractivity contribution in [2.45, 2.75) is 6.54 Å². The smallest absolute Gasteiger partial charge is 0.139 e. The summed E-state index contributed by atoms with van der Waals surface area (Å²) in [4.78, 5) is 11.4. The van der Waals surface area contributed by atoms with Crippen LogP contribution in [0.5, 0.6) is 5.75 Å². The summed E-state index contributed by atoms with van der Waals surface area (Å²) in [6, 6.07) is 34.1. The van der Waals surface area contributed by atoms with E-state index in [1.807, 2.05) is 84.0 Å². The number of nitrogens with zero attached hydrogens (tertiary/aromatic N) is 4. The quantitative estimate of drug-likeness (QED) is 0.414. The molecule has 0 radical (unpaired) electrons. The number of para-hydroxylation sites is 4. The normalized spacial score (nSPS) is 12.9. The molecule has 5 rings (SSSR count). The largest absolute Gasteiger partial charge is 0.506 e. The van der Waals surface area contributed by atoms with Crippen LogP contribution in [-0.2, 0) is 6.54 Å². The first kappa shape index (κ1) is 19.7. The lowest BCUT2D eigenvalue weighted by Gasteiger charge is -2.25. The summed E-state index contributed by atoms with van der Waals surface area (Å²) in [5.41, 5.74) is 3.90. The van der Waals surface area contributed by atoms with Crippen LogP contribution in [0.2, 0.25) is 0 Å². The summed E-state index contributed by atoms with van der Waals surface area (Å²) in [6.45, 7) is 1.33. The topological polar surface area (TPSA) is 42.8 Å². The van der Waals surface area contributed by atoms with Gasteiger partial charge in [-0.1, -0.05) is 54.6 Å². The van der Waals surface area contributed by atoms with Gasteiger partial charge < -0.3 is 14.9 Å². The predicted octanol–water partition coefficient (Wildman–Crippen LogP) is 6.01. The number of anilines is 4. The van der Waals surface area contributed by atoms with Crippen molar-refractivity contribution >= 4 is 22.9 Å². The summed E-state index contributed by atoms with van der Waals surface area (Å²) < 4.78 is 0. The van der Waals surface area contributed by atoms with Gasteiger partial charge in [0.25, 0.3) is 0 Å². The van der Waals surface area contributed by atoms with Crippen LogP contribution < -0.4 is 9.80 Å². The highest BCUT2D eigenvalue weighted by Crippen LogP contribution is 2.33. The number of benzene rings is 3. The molecule has 0 saturated carbocycles. The van der Waals surface area contributed by atoms with Crippen LogP contribution in [-0.4, -0.2) is 21.7 Å². The third-order valence-corrected chi connectivity index (χ3v) is 5.40.